The summed E-state index contributed by atoms with van der Waals surface area (Å²) in [5.74, 6) is -0.859. The van der Waals surface area contributed by atoms with Crippen LogP contribution in [0.4, 0.5) is 20.2 Å². The summed E-state index contributed by atoms with van der Waals surface area (Å²) in [5.41, 5.74) is 0.848. The maximum Gasteiger partial charge on any atom is 0.292 e. The fourth-order valence-corrected chi connectivity index (χ4v) is 1.80. The molecule has 20 heavy (non-hydrogen) atoms. The van der Waals surface area contributed by atoms with E-state index in [9.17, 15) is 18.9 Å². The fourth-order valence-electron chi connectivity index (χ4n) is 1.80. The fraction of sp³-hybridized carbons (Fsp3) is 0.143. The van der Waals surface area contributed by atoms with E-state index in [4.69, 9.17) is 0 Å². The molecular weight excluding hydrogens is 266 g/mol. The highest BCUT2D eigenvalue weighted by Gasteiger charge is 2.13. The van der Waals surface area contributed by atoms with Crippen molar-refractivity contribution < 1.29 is 13.7 Å². The molecule has 0 amide bonds. The lowest BCUT2D eigenvalue weighted by Crippen LogP contribution is -2.07. The Bertz CT molecular complexity index is 615. The Labute approximate surface area is 114 Å². The van der Waals surface area contributed by atoms with Crippen LogP contribution in [0.25, 0.3) is 0 Å². The minimum atomic E-state index is -0.570. The number of benzene rings is 2. The number of anilines is 1. The summed E-state index contributed by atoms with van der Waals surface area (Å²) >= 11 is 0. The van der Waals surface area contributed by atoms with E-state index in [1.165, 1.54) is 12.1 Å². The molecule has 0 unspecified atom stereocenters. The van der Waals surface area contributed by atoms with Crippen LogP contribution >= 0.6 is 0 Å². The molecule has 2 rings (SSSR count). The van der Waals surface area contributed by atoms with Gasteiger partial charge in [-0.3, -0.25) is 10.1 Å². The van der Waals surface area contributed by atoms with Gasteiger partial charge in [0, 0.05) is 18.7 Å². The molecule has 104 valence electrons. The molecule has 0 saturated heterocycles. The number of hydrogen-bond donors (Lipinski definition) is 1. The van der Waals surface area contributed by atoms with Crippen molar-refractivity contribution in [1.29, 1.82) is 0 Å². The van der Waals surface area contributed by atoms with Crippen LogP contribution in [0.2, 0.25) is 0 Å². The molecule has 0 aliphatic carbocycles. The van der Waals surface area contributed by atoms with Crippen LogP contribution in [0, 0.1) is 21.7 Å². The van der Waals surface area contributed by atoms with Gasteiger partial charge in [-0.1, -0.05) is 12.1 Å². The van der Waals surface area contributed by atoms with Gasteiger partial charge in [0.2, 0.25) is 0 Å². The Balaban J connectivity index is 2.02. The van der Waals surface area contributed by atoms with Crippen molar-refractivity contribution in [3.05, 3.63) is 69.8 Å². The Morgan fingerprint density at radius 1 is 1.05 bits per heavy atom. The summed E-state index contributed by atoms with van der Waals surface area (Å²) in [5, 5.41) is 13.6. The molecule has 2 aromatic rings. The van der Waals surface area contributed by atoms with Gasteiger partial charge in [0.1, 0.15) is 17.3 Å². The van der Waals surface area contributed by atoms with E-state index >= 15 is 0 Å². The lowest BCUT2D eigenvalue weighted by Gasteiger charge is -2.07. The van der Waals surface area contributed by atoms with Crippen molar-refractivity contribution in [2.24, 2.45) is 0 Å². The minimum Gasteiger partial charge on any atom is -0.379 e. The lowest BCUT2D eigenvalue weighted by molar-refractivity contribution is -0.384. The molecule has 0 aliphatic rings. The first-order valence-electron chi connectivity index (χ1n) is 5.98. The number of nitrogens with one attached hydrogen (secondary N) is 1. The quantitative estimate of drug-likeness (QED) is 0.672. The van der Waals surface area contributed by atoms with Gasteiger partial charge in [0.25, 0.3) is 5.69 Å². The molecule has 0 aromatic heterocycles. The Kier molecular flexibility index (Phi) is 4.24. The number of nitro groups is 1. The molecular formula is C14H12F2N2O2. The molecule has 2 aromatic carbocycles. The summed E-state index contributed by atoms with van der Waals surface area (Å²) in [7, 11) is 0. The normalized spacial score (nSPS) is 10.3. The van der Waals surface area contributed by atoms with Gasteiger partial charge < -0.3 is 5.32 Å². The third-order valence-electron chi connectivity index (χ3n) is 2.80. The highest BCUT2D eigenvalue weighted by molar-refractivity contribution is 5.61. The lowest BCUT2D eigenvalue weighted by atomic mass is 10.1. The zero-order chi connectivity index (χ0) is 14.5. The summed E-state index contributed by atoms with van der Waals surface area (Å²) in [4.78, 5) is 10.2. The molecule has 1 N–H and O–H groups in total. The van der Waals surface area contributed by atoms with Crippen LogP contribution in [-0.4, -0.2) is 11.5 Å². The van der Waals surface area contributed by atoms with E-state index in [0.717, 1.165) is 23.8 Å². The van der Waals surface area contributed by atoms with Crippen LogP contribution < -0.4 is 5.32 Å². The van der Waals surface area contributed by atoms with E-state index in [1.807, 2.05) is 0 Å². The molecule has 0 spiro atoms. The predicted octanol–water partition coefficient (Wildman–Crippen LogP) is 3.53. The molecule has 0 heterocycles. The maximum absolute atomic E-state index is 13.1. The minimum absolute atomic E-state index is 0.136. The molecule has 0 radical (unpaired) electrons. The number of nitro benzene ring substituents is 1. The molecule has 6 heteroatoms. The van der Waals surface area contributed by atoms with Gasteiger partial charge in [-0.05, 0) is 30.2 Å². The van der Waals surface area contributed by atoms with E-state index in [1.54, 1.807) is 12.1 Å². The van der Waals surface area contributed by atoms with Crippen molar-refractivity contribution in [2.45, 2.75) is 6.42 Å². The van der Waals surface area contributed by atoms with Crippen molar-refractivity contribution in [3.8, 4) is 0 Å². The monoisotopic (exact) mass is 278 g/mol. The first kappa shape index (κ1) is 13.9. The highest BCUT2D eigenvalue weighted by atomic mass is 19.1. The van der Waals surface area contributed by atoms with E-state index in [-0.39, 0.29) is 17.2 Å². The average molecular weight is 278 g/mol. The first-order valence-corrected chi connectivity index (χ1v) is 5.98. The van der Waals surface area contributed by atoms with Crippen molar-refractivity contribution in [2.75, 3.05) is 11.9 Å². The number of nitrogens with zero attached hydrogens (tertiary/aromatic N) is 1. The molecule has 4 nitrogen and oxygen atoms in total. The smallest absolute Gasteiger partial charge is 0.292 e. The second kappa shape index (κ2) is 6.10. The van der Waals surface area contributed by atoms with Crippen molar-refractivity contribution in [3.63, 3.8) is 0 Å². The summed E-state index contributed by atoms with van der Waals surface area (Å²) < 4.78 is 25.8. The van der Waals surface area contributed by atoms with Gasteiger partial charge in [-0.15, -0.1) is 0 Å². The third-order valence-corrected chi connectivity index (χ3v) is 2.80. The van der Waals surface area contributed by atoms with Crippen LogP contribution in [-0.2, 0) is 6.42 Å². The zero-order valence-electron chi connectivity index (χ0n) is 10.5. The first-order chi connectivity index (χ1) is 9.56. The number of halogens is 2. The number of rotatable bonds is 5. The Hall–Kier alpha value is -2.50. The maximum atomic E-state index is 13.1. The summed E-state index contributed by atoms with van der Waals surface area (Å²) in [6.07, 6.45) is 0.550. The van der Waals surface area contributed by atoms with Gasteiger partial charge in [-0.2, -0.15) is 0 Å². The second-order valence-corrected chi connectivity index (χ2v) is 4.22. The molecule has 0 fully saturated rings. The van der Waals surface area contributed by atoms with Crippen LogP contribution in [0.15, 0.2) is 42.5 Å². The molecule has 0 bridgehead atoms. The van der Waals surface area contributed by atoms with Gasteiger partial charge in [-0.25, -0.2) is 8.78 Å². The molecule has 0 aliphatic heterocycles. The SMILES string of the molecule is O=[N+]([O-])c1ccc(F)cc1NCCc1ccc(F)cc1. The van der Waals surface area contributed by atoms with E-state index < -0.39 is 10.7 Å². The molecule has 0 atom stereocenters. The molecule has 0 saturated carbocycles. The zero-order valence-corrected chi connectivity index (χ0v) is 10.5. The average Bonchev–Trinajstić information content (AvgIpc) is 2.41. The van der Waals surface area contributed by atoms with E-state index in [0.29, 0.717) is 13.0 Å². The topological polar surface area (TPSA) is 55.2 Å². The van der Waals surface area contributed by atoms with Crippen molar-refractivity contribution >= 4 is 11.4 Å². The Morgan fingerprint density at radius 2 is 1.70 bits per heavy atom. The highest BCUT2D eigenvalue weighted by Crippen LogP contribution is 2.24. The van der Waals surface area contributed by atoms with Crippen LogP contribution in [0.5, 0.6) is 0 Å². The number of hydrogen-bond acceptors (Lipinski definition) is 3. The van der Waals surface area contributed by atoms with E-state index in [2.05, 4.69) is 5.32 Å². The summed E-state index contributed by atoms with van der Waals surface area (Å²) in [6, 6.07) is 9.22. The largest absolute Gasteiger partial charge is 0.379 e. The van der Waals surface area contributed by atoms with Crippen molar-refractivity contribution in [1.82, 2.24) is 0 Å². The van der Waals surface area contributed by atoms with Crippen LogP contribution in [0.3, 0.4) is 0 Å². The standard InChI is InChI=1S/C14H12F2N2O2/c15-11-3-1-10(2-4-11)7-8-17-13-9-12(16)5-6-14(13)18(19)20/h1-6,9,17H,7-8H2. The second-order valence-electron chi connectivity index (χ2n) is 4.22. The predicted molar refractivity (Wildman–Crippen MR) is 71.6 cm³/mol. The Morgan fingerprint density at radius 3 is 2.35 bits per heavy atom. The van der Waals surface area contributed by atoms with Gasteiger partial charge in [0.05, 0.1) is 4.92 Å². The van der Waals surface area contributed by atoms with Gasteiger partial charge in [0.15, 0.2) is 0 Å². The summed E-state index contributed by atoms with van der Waals surface area (Å²) in [6.45, 7) is 0.385. The third kappa shape index (κ3) is 3.50. The van der Waals surface area contributed by atoms with Crippen LogP contribution in [0.1, 0.15) is 5.56 Å². The van der Waals surface area contributed by atoms with Gasteiger partial charge >= 0.3 is 0 Å².